The van der Waals surface area contributed by atoms with Gasteiger partial charge >= 0.3 is 0 Å². The lowest BCUT2D eigenvalue weighted by Gasteiger charge is -2.27. The molecule has 1 aliphatic heterocycles. The summed E-state index contributed by atoms with van der Waals surface area (Å²) in [7, 11) is 1.72. The van der Waals surface area contributed by atoms with Crippen molar-refractivity contribution in [3.8, 4) is 6.07 Å². The number of benzene rings is 3. The van der Waals surface area contributed by atoms with Gasteiger partial charge in [-0.1, -0.05) is 48.5 Å². The minimum absolute atomic E-state index is 0. The highest BCUT2D eigenvalue weighted by molar-refractivity contribution is 6.01. The first-order valence-corrected chi connectivity index (χ1v) is 10.8. The molecule has 0 saturated heterocycles. The molecule has 1 heterocycles. The van der Waals surface area contributed by atoms with Crippen LogP contribution in [-0.4, -0.2) is 30.9 Å². The molecule has 0 aliphatic carbocycles. The van der Waals surface area contributed by atoms with Crippen molar-refractivity contribution in [1.29, 1.82) is 5.26 Å². The Morgan fingerprint density at radius 1 is 1.12 bits per heavy atom. The van der Waals surface area contributed by atoms with Crippen LogP contribution >= 0.6 is 12.4 Å². The second kappa shape index (κ2) is 10.5. The Morgan fingerprint density at radius 3 is 2.61 bits per heavy atom. The Kier molecular flexibility index (Phi) is 7.70. The van der Waals surface area contributed by atoms with Crippen LogP contribution in [0.2, 0.25) is 0 Å². The molecule has 4 rings (SSSR count). The number of carbonyl (C=O) groups is 2. The van der Waals surface area contributed by atoms with E-state index in [9.17, 15) is 14.9 Å². The van der Waals surface area contributed by atoms with Crippen LogP contribution in [0.15, 0.2) is 60.7 Å². The van der Waals surface area contributed by atoms with Gasteiger partial charge in [-0.2, -0.15) is 5.26 Å². The van der Waals surface area contributed by atoms with E-state index in [4.69, 9.17) is 0 Å². The van der Waals surface area contributed by atoms with Gasteiger partial charge in [-0.3, -0.25) is 9.59 Å². The number of carbonyl (C=O) groups excluding carboxylic acids is 2. The van der Waals surface area contributed by atoms with Crippen LogP contribution in [0.5, 0.6) is 0 Å². The van der Waals surface area contributed by atoms with E-state index in [0.717, 1.165) is 27.6 Å². The lowest BCUT2D eigenvalue weighted by atomic mass is 10.00. The zero-order chi connectivity index (χ0) is 22.7. The smallest absolute Gasteiger partial charge is 0.249 e. The summed E-state index contributed by atoms with van der Waals surface area (Å²) in [6.07, 6.45) is 1.24. The van der Waals surface area contributed by atoms with Crippen molar-refractivity contribution in [2.75, 3.05) is 11.9 Å². The number of nitrogens with zero attached hydrogens (tertiary/aromatic N) is 2. The molecule has 0 aromatic heterocycles. The van der Waals surface area contributed by atoms with Gasteiger partial charge in [0.1, 0.15) is 6.04 Å². The maximum Gasteiger partial charge on any atom is 0.249 e. The lowest BCUT2D eigenvalue weighted by Crippen LogP contribution is -2.52. The first-order valence-electron chi connectivity index (χ1n) is 10.8. The van der Waals surface area contributed by atoms with E-state index in [1.54, 1.807) is 24.9 Å². The van der Waals surface area contributed by atoms with Crippen LogP contribution in [0.4, 0.5) is 5.69 Å². The molecule has 0 spiro atoms. The number of fused-ring (bicyclic) bond motifs is 2. The number of amides is 2. The van der Waals surface area contributed by atoms with E-state index in [2.05, 4.69) is 16.7 Å². The summed E-state index contributed by atoms with van der Waals surface area (Å²) in [6, 6.07) is 20.6. The first-order chi connectivity index (χ1) is 15.5. The molecule has 0 bridgehead atoms. The van der Waals surface area contributed by atoms with Crippen LogP contribution < -0.4 is 15.5 Å². The predicted octanol–water partition coefficient (Wildman–Crippen LogP) is 3.71. The number of likely N-dealkylation sites (N-methyl/N-ethyl adjacent to an activating group) is 1. The van der Waals surface area contributed by atoms with Gasteiger partial charge in [-0.15, -0.1) is 12.4 Å². The van der Waals surface area contributed by atoms with Gasteiger partial charge < -0.3 is 15.5 Å². The molecular formula is C26H27ClN4O2. The Balaban J connectivity index is 0.00000306. The predicted molar refractivity (Wildman–Crippen MR) is 132 cm³/mol. The Morgan fingerprint density at radius 2 is 1.85 bits per heavy atom. The summed E-state index contributed by atoms with van der Waals surface area (Å²) in [5, 5.41) is 17.2. The summed E-state index contributed by atoms with van der Waals surface area (Å²) in [5.74, 6) is -0.319. The van der Waals surface area contributed by atoms with Crippen LogP contribution in [0, 0.1) is 11.3 Å². The summed E-state index contributed by atoms with van der Waals surface area (Å²) in [5.41, 5.74) is 3.51. The Hall–Kier alpha value is -3.40. The molecule has 3 aromatic carbocycles. The number of rotatable bonds is 5. The van der Waals surface area contributed by atoms with E-state index in [1.807, 2.05) is 54.6 Å². The number of nitriles is 1. The number of aryl methyl sites for hydroxylation is 1. The van der Waals surface area contributed by atoms with Crippen LogP contribution in [-0.2, 0) is 22.6 Å². The van der Waals surface area contributed by atoms with E-state index in [0.29, 0.717) is 24.9 Å². The second-order valence-corrected chi connectivity index (χ2v) is 8.09. The van der Waals surface area contributed by atoms with Gasteiger partial charge in [0.2, 0.25) is 11.8 Å². The van der Waals surface area contributed by atoms with Gasteiger partial charge in [0.15, 0.2) is 0 Å². The topological polar surface area (TPSA) is 85.2 Å². The molecule has 1 aliphatic rings. The van der Waals surface area contributed by atoms with Crippen molar-refractivity contribution < 1.29 is 9.59 Å². The monoisotopic (exact) mass is 462 g/mol. The average Bonchev–Trinajstić information content (AvgIpc) is 2.95. The van der Waals surface area contributed by atoms with Crippen molar-refractivity contribution in [1.82, 2.24) is 10.6 Å². The number of hydrogen-bond donors (Lipinski definition) is 2. The highest BCUT2D eigenvalue weighted by Crippen LogP contribution is 2.31. The highest BCUT2D eigenvalue weighted by Gasteiger charge is 2.32. The molecule has 33 heavy (non-hydrogen) atoms. The number of nitrogens with one attached hydrogen (secondary N) is 2. The van der Waals surface area contributed by atoms with Crippen molar-refractivity contribution in [3.05, 3.63) is 77.4 Å². The molecule has 2 N–H and O–H groups in total. The number of halogens is 1. The van der Waals surface area contributed by atoms with E-state index >= 15 is 0 Å². The Bertz CT molecular complexity index is 1220. The maximum absolute atomic E-state index is 13.7. The number of para-hydroxylation sites is 1. The molecule has 2 amide bonds. The van der Waals surface area contributed by atoms with Crippen molar-refractivity contribution in [2.45, 2.75) is 38.4 Å². The molecule has 170 valence electrons. The third-order valence-corrected chi connectivity index (χ3v) is 6.15. The van der Waals surface area contributed by atoms with Gasteiger partial charge in [0, 0.05) is 5.69 Å². The molecule has 0 radical (unpaired) electrons. The third-order valence-electron chi connectivity index (χ3n) is 6.15. The third kappa shape index (κ3) is 4.85. The highest BCUT2D eigenvalue weighted by atomic mass is 35.5. The standard InChI is InChI=1S/C26H26N4O2.ClH/c1-17(28-2)25(31)29-23-14-13-18-7-3-4-12-24(18)30(26(23)32)16-20-9-6-10-21-19(15-27)8-5-11-22(20)21;/h3-12,17,23,28H,13-14,16H2,1-2H3,(H,29,31);1H. The molecule has 2 atom stereocenters. The zero-order valence-electron chi connectivity index (χ0n) is 18.7. The van der Waals surface area contributed by atoms with Crippen LogP contribution in [0.3, 0.4) is 0 Å². The minimum Gasteiger partial charge on any atom is -0.343 e. The fourth-order valence-corrected chi connectivity index (χ4v) is 4.22. The minimum atomic E-state index is -0.602. The van der Waals surface area contributed by atoms with Crippen LogP contribution in [0.25, 0.3) is 10.8 Å². The Labute approximate surface area is 200 Å². The van der Waals surface area contributed by atoms with E-state index in [1.165, 1.54) is 0 Å². The van der Waals surface area contributed by atoms with E-state index in [-0.39, 0.29) is 30.3 Å². The number of hydrogen-bond acceptors (Lipinski definition) is 4. The largest absolute Gasteiger partial charge is 0.343 e. The fourth-order valence-electron chi connectivity index (χ4n) is 4.22. The molecular weight excluding hydrogens is 436 g/mol. The number of anilines is 1. The SMILES string of the molecule is CNC(C)C(=O)NC1CCc2ccccc2N(Cc2cccc3c(C#N)cccc23)C1=O.Cl. The molecule has 7 heteroatoms. The summed E-state index contributed by atoms with van der Waals surface area (Å²) >= 11 is 0. The molecule has 3 aromatic rings. The summed E-state index contributed by atoms with van der Waals surface area (Å²) in [4.78, 5) is 27.9. The van der Waals surface area contributed by atoms with Crippen molar-refractivity contribution in [3.63, 3.8) is 0 Å². The van der Waals surface area contributed by atoms with Crippen LogP contribution in [0.1, 0.15) is 30.0 Å². The average molecular weight is 463 g/mol. The lowest BCUT2D eigenvalue weighted by molar-refractivity contribution is -0.128. The fraction of sp³-hybridized carbons (Fsp3) is 0.269. The van der Waals surface area contributed by atoms with Gasteiger partial charge in [-0.05, 0) is 60.8 Å². The summed E-state index contributed by atoms with van der Waals surface area (Å²) in [6.45, 7) is 2.13. The molecule has 0 saturated carbocycles. The van der Waals surface area contributed by atoms with Crippen molar-refractivity contribution >= 4 is 40.7 Å². The van der Waals surface area contributed by atoms with Gasteiger partial charge in [0.05, 0.1) is 24.2 Å². The van der Waals surface area contributed by atoms with Gasteiger partial charge in [-0.25, -0.2) is 0 Å². The summed E-state index contributed by atoms with van der Waals surface area (Å²) < 4.78 is 0. The van der Waals surface area contributed by atoms with Crippen molar-refractivity contribution in [2.24, 2.45) is 0 Å². The van der Waals surface area contributed by atoms with Gasteiger partial charge in [0.25, 0.3) is 0 Å². The second-order valence-electron chi connectivity index (χ2n) is 8.09. The normalized spacial score (nSPS) is 16.2. The maximum atomic E-state index is 13.7. The molecule has 2 unspecified atom stereocenters. The zero-order valence-corrected chi connectivity index (χ0v) is 19.5. The quantitative estimate of drug-likeness (QED) is 0.605. The molecule has 6 nitrogen and oxygen atoms in total. The van der Waals surface area contributed by atoms with E-state index < -0.39 is 6.04 Å². The molecule has 0 fully saturated rings. The first kappa shape index (κ1) is 24.2.